The first kappa shape index (κ1) is 16.6. The Labute approximate surface area is 141 Å². The van der Waals surface area contributed by atoms with Crippen molar-refractivity contribution in [3.63, 3.8) is 0 Å². The van der Waals surface area contributed by atoms with Crippen LogP contribution in [0.15, 0.2) is 35.2 Å². The summed E-state index contributed by atoms with van der Waals surface area (Å²) in [6.07, 6.45) is 0. The Balaban J connectivity index is 1.63. The summed E-state index contributed by atoms with van der Waals surface area (Å²) in [4.78, 5) is 8.42. The molecule has 0 spiro atoms. The molecule has 1 aromatic carbocycles. The summed E-state index contributed by atoms with van der Waals surface area (Å²) < 4.78 is 26.8. The molecule has 1 saturated heterocycles. The number of rotatable bonds is 4. The molecule has 124 valence electrons. The maximum Gasteiger partial charge on any atom is 0.243 e. The van der Waals surface area contributed by atoms with Crippen molar-refractivity contribution in [2.24, 2.45) is 0 Å². The molecule has 0 bridgehead atoms. The van der Waals surface area contributed by atoms with E-state index >= 15 is 0 Å². The van der Waals surface area contributed by atoms with Gasteiger partial charge < -0.3 is 0 Å². The lowest BCUT2D eigenvalue weighted by Gasteiger charge is -2.33. The SMILES string of the molecule is Cc1nc(C)c(CN2CCN(S(=O)(=O)c3ccccc3)CC2)s1. The van der Waals surface area contributed by atoms with Gasteiger partial charge in [0.25, 0.3) is 0 Å². The van der Waals surface area contributed by atoms with E-state index in [9.17, 15) is 8.42 Å². The quantitative estimate of drug-likeness (QED) is 0.848. The van der Waals surface area contributed by atoms with E-state index in [2.05, 4.69) is 9.88 Å². The monoisotopic (exact) mass is 351 g/mol. The number of aryl methyl sites for hydroxylation is 2. The highest BCUT2D eigenvalue weighted by Crippen LogP contribution is 2.21. The molecule has 0 N–H and O–H groups in total. The van der Waals surface area contributed by atoms with Crippen LogP contribution in [0, 0.1) is 13.8 Å². The summed E-state index contributed by atoms with van der Waals surface area (Å²) in [6.45, 7) is 7.49. The van der Waals surface area contributed by atoms with Crippen LogP contribution in [0.25, 0.3) is 0 Å². The van der Waals surface area contributed by atoms with Crippen LogP contribution in [-0.2, 0) is 16.6 Å². The summed E-state index contributed by atoms with van der Waals surface area (Å²) >= 11 is 1.73. The van der Waals surface area contributed by atoms with E-state index in [4.69, 9.17) is 0 Å². The minimum atomic E-state index is -3.37. The van der Waals surface area contributed by atoms with Crippen molar-refractivity contribution in [1.29, 1.82) is 0 Å². The summed E-state index contributed by atoms with van der Waals surface area (Å²) in [6, 6.07) is 8.67. The Morgan fingerprint density at radius 3 is 2.30 bits per heavy atom. The Morgan fingerprint density at radius 1 is 1.09 bits per heavy atom. The molecule has 0 radical (unpaired) electrons. The van der Waals surface area contributed by atoms with Crippen molar-refractivity contribution in [3.8, 4) is 0 Å². The molecule has 23 heavy (non-hydrogen) atoms. The highest BCUT2D eigenvalue weighted by atomic mass is 32.2. The molecule has 5 nitrogen and oxygen atoms in total. The van der Waals surface area contributed by atoms with Gasteiger partial charge in [0.15, 0.2) is 0 Å². The van der Waals surface area contributed by atoms with E-state index < -0.39 is 10.0 Å². The van der Waals surface area contributed by atoms with E-state index in [0.29, 0.717) is 18.0 Å². The van der Waals surface area contributed by atoms with Gasteiger partial charge >= 0.3 is 0 Å². The number of benzene rings is 1. The Morgan fingerprint density at radius 2 is 1.74 bits per heavy atom. The van der Waals surface area contributed by atoms with Gasteiger partial charge in [0, 0.05) is 37.6 Å². The van der Waals surface area contributed by atoms with Crippen molar-refractivity contribution in [2.45, 2.75) is 25.3 Å². The third kappa shape index (κ3) is 3.63. The van der Waals surface area contributed by atoms with Gasteiger partial charge in [-0.2, -0.15) is 4.31 Å². The van der Waals surface area contributed by atoms with Crippen LogP contribution < -0.4 is 0 Å². The molecule has 1 aliphatic heterocycles. The Kier molecular flexibility index (Phi) is 4.82. The summed E-state index contributed by atoms with van der Waals surface area (Å²) in [5.41, 5.74) is 1.09. The maximum atomic E-state index is 12.6. The van der Waals surface area contributed by atoms with E-state index in [1.807, 2.05) is 19.9 Å². The molecule has 1 aliphatic rings. The van der Waals surface area contributed by atoms with E-state index in [-0.39, 0.29) is 0 Å². The van der Waals surface area contributed by atoms with Gasteiger partial charge in [0.05, 0.1) is 15.6 Å². The normalized spacial score (nSPS) is 17.5. The first-order valence-electron chi connectivity index (χ1n) is 7.67. The fraction of sp³-hybridized carbons (Fsp3) is 0.438. The first-order chi connectivity index (χ1) is 11.0. The predicted molar refractivity (Wildman–Crippen MR) is 92.1 cm³/mol. The van der Waals surface area contributed by atoms with E-state index in [1.54, 1.807) is 39.9 Å². The average molecular weight is 351 g/mol. The van der Waals surface area contributed by atoms with E-state index in [0.717, 1.165) is 30.3 Å². The van der Waals surface area contributed by atoms with Crippen molar-refractivity contribution in [1.82, 2.24) is 14.2 Å². The van der Waals surface area contributed by atoms with E-state index in [1.165, 1.54) is 4.88 Å². The van der Waals surface area contributed by atoms with Crippen LogP contribution in [0.3, 0.4) is 0 Å². The van der Waals surface area contributed by atoms with Crippen LogP contribution in [0.1, 0.15) is 15.6 Å². The molecule has 2 aromatic rings. The zero-order valence-electron chi connectivity index (χ0n) is 13.4. The number of sulfonamides is 1. The third-order valence-electron chi connectivity index (χ3n) is 4.08. The molecule has 0 amide bonds. The minimum Gasteiger partial charge on any atom is -0.296 e. The van der Waals surface area contributed by atoms with Gasteiger partial charge in [-0.3, -0.25) is 4.90 Å². The smallest absolute Gasteiger partial charge is 0.243 e. The first-order valence-corrected chi connectivity index (χ1v) is 9.93. The van der Waals surface area contributed by atoms with Crippen LogP contribution >= 0.6 is 11.3 Å². The topological polar surface area (TPSA) is 53.5 Å². The number of nitrogens with zero attached hydrogens (tertiary/aromatic N) is 3. The largest absolute Gasteiger partial charge is 0.296 e. The van der Waals surface area contributed by atoms with Gasteiger partial charge in [-0.1, -0.05) is 18.2 Å². The molecule has 1 fully saturated rings. The lowest BCUT2D eigenvalue weighted by atomic mass is 10.3. The molecular weight excluding hydrogens is 330 g/mol. The Hall–Kier alpha value is -1.28. The molecule has 3 rings (SSSR count). The lowest BCUT2D eigenvalue weighted by Crippen LogP contribution is -2.48. The molecule has 7 heteroatoms. The van der Waals surface area contributed by atoms with Gasteiger partial charge in [-0.15, -0.1) is 11.3 Å². The summed E-state index contributed by atoms with van der Waals surface area (Å²) in [5, 5.41) is 1.09. The number of piperazine rings is 1. The fourth-order valence-corrected chi connectivity index (χ4v) is 5.22. The zero-order chi connectivity index (χ0) is 16.4. The van der Waals surface area contributed by atoms with Gasteiger partial charge in [0.1, 0.15) is 0 Å². The minimum absolute atomic E-state index is 0.377. The number of aromatic nitrogens is 1. The number of thiazole rings is 1. The second-order valence-corrected chi connectivity index (χ2v) is 8.96. The predicted octanol–water partition coefficient (Wildman–Crippen LogP) is 2.27. The fourth-order valence-electron chi connectivity index (χ4n) is 2.79. The molecule has 0 saturated carbocycles. The van der Waals surface area contributed by atoms with Gasteiger partial charge in [-0.05, 0) is 26.0 Å². The maximum absolute atomic E-state index is 12.6. The summed E-state index contributed by atoms with van der Waals surface area (Å²) in [5.74, 6) is 0. The number of hydrogen-bond acceptors (Lipinski definition) is 5. The van der Waals surface area contributed by atoms with Gasteiger partial charge in [0.2, 0.25) is 10.0 Å². The number of hydrogen-bond donors (Lipinski definition) is 0. The molecule has 2 heterocycles. The lowest BCUT2D eigenvalue weighted by molar-refractivity contribution is 0.182. The second-order valence-electron chi connectivity index (χ2n) is 5.73. The van der Waals surface area contributed by atoms with Crippen molar-refractivity contribution >= 4 is 21.4 Å². The van der Waals surface area contributed by atoms with Crippen molar-refractivity contribution in [3.05, 3.63) is 45.9 Å². The van der Waals surface area contributed by atoms with Gasteiger partial charge in [-0.25, -0.2) is 13.4 Å². The molecule has 0 atom stereocenters. The molecule has 0 aliphatic carbocycles. The molecular formula is C16H21N3O2S2. The molecule has 0 unspecified atom stereocenters. The Bertz CT molecular complexity index is 764. The highest BCUT2D eigenvalue weighted by molar-refractivity contribution is 7.89. The second kappa shape index (κ2) is 6.68. The van der Waals surface area contributed by atoms with Crippen molar-refractivity contribution in [2.75, 3.05) is 26.2 Å². The van der Waals surface area contributed by atoms with Crippen LogP contribution in [0.4, 0.5) is 0 Å². The zero-order valence-corrected chi connectivity index (χ0v) is 15.0. The molecule has 1 aromatic heterocycles. The van der Waals surface area contributed by atoms with Crippen LogP contribution in [-0.4, -0.2) is 48.8 Å². The third-order valence-corrected chi connectivity index (χ3v) is 7.05. The van der Waals surface area contributed by atoms with Crippen LogP contribution in [0.2, 0.25) is 0 Å². The van der Waals surface area contributed by atoms with Crippen LogP contribution in [0.5, 0.6) is 0 Å². The highest BCUT2D eigenvalue weighted by Gasteiger charge is 2.28. The summed E-state index contributed by atoms with van der Waals surface area (Å²) in [7, 11) is -3.37. The standard InChI is InChI=1S/C16H21N3O2S2/c1-13-16(22-14(2)17-13)12-18-8-10-19(11-9-18)23(20,21)15-6-4-3-5-7-15/h3-7H,8-12H2,1-2H3. The average Bonchev–Trinajstić information content (AvgIpc) is 2.86. The van der Waals surface area contributed by atoms with Crippen molar-refractivity contribution < 1.29 is 8.42 Å².